The van der Waals surface area contributed by atoms with Crippen LogP contribution in [0, 0.1) is 0 Å². The number of aryl methyl sites for hydroxylation is 1. The van der Waals surface area contributed by atoms with Crippen molar-refractivity contribution in [1.29, 1.82) is 0 Å². The van der Waals surface area contributed by atoms with Crippen molar-refractivity contribution < 1.29 is 9.59 Å². The number of tetrazole rings is 1. The number of amides is 1. The van der Waals surface area contributed by atoms with Gasteiger partial charge in [-0.15, -0.1) is 11.3 Å². The Labute approximate surface area is 145 Å². The highest BCUT2D eigenvalue weighted by molar-refractivity contribution is 7.12. The number of fused-ring (bicyclic) bond motifs is 1. The largest absolute Gasteiger partial charge is 0.369 e. The van der Waals surface area contributed by atoms with E-state index in [1.807, 2.05) is 11.4 Å². The van der Waals surface area contributed by atoms with Crippen molar-refractivity contribution >= 4 is 28.7 Å². The Bertz CT molecular complexity index is 1020. The zero-order valence-corrected chi connectivity index (χ0v) is 13.8. The van der Waals surface area contributed by atoms with Crippen molar-refractivity contribution in [1.82, 2.24) is 19.8 Å². The summed E-state index contributed by atoms with van der Waals surface area (Å²) in [6.07, 6.45) is 0.996. The highest BCUT2D eigenvalue weighted by atomic mass is 32.1. The van der Waals surface area contributed by atoms with Gasteiger partial charge in [-0.2, -0.15) is 9.36 Å². The molecule has 0 saturated heterocycles. The van der Waals surface area contributed by atoms with Gasteiger partial charge >= 0.3 is 5.69 Å². The summed E-state index contributed by atoms with van der Waals surface area (Å²) in [6, 6.07) is 8.67. The van der Waals surface area contributed by atoms with Crippen LogP contribution in [0.3, 0.4) is 0 Å². The molecule has 126 valence electrons. The summed E-state index contributed by atoms with van der Waals surface area (Å²) < 4.78 is 2.21. The van der Waals surface area contributed by atoms with Gasteiger partial charge in [0.25, 0.3) is 0 Å². The van der Waals surface area contributed by atoms with E-state index >= 15 is 0 Å². The maximum absolute atomic E-state index is 12.5. The summed E-state index contributed by atoms with van der Waals surface area (Å²) in [5, 5.41) is 12.8. The molecule has 9 heteroatoms. The second kappa shape index (κ2) is 6.10. The molecule has 1 N–H and O–H groups in total. The minimum atomic E-state index is -0.457. The number of carbonyl (C=O) groups excluding carboxylic acids is 2. The summed E-state index contributed by atoms with van der Waals surface area (Å²) in [6.45, 7) is -0.185. The van der Waals surface area contributed by atoms with E-state index in [-0.39, 0.29) is 18.2 Å². The molecule has 1 aromatic carbocycles. The summed E-state index contributed by atoms with van der Waals surface area (Å²) in [7, 11) is 0. The van der Waals surface area contributed by atoms with Crippen LogP contribution in [0.25, 0.3) is 5.00 Å². The number of Topliss-reactive ketones (excluding diaryl/α,β-unsaturated/α-hetero) is 1. The second-order valence-corrected chi connectivity index (χ2v) is 6.55. The van der Waals surface area contributed by atoms with Gasteiger partial charge in [-0.3, -0.25) is 9.59 Å². The van der Waals surface area contributed by atoms with E-state index < -0.39 is 5.69 Å². The highest BCUT2D eigenvalue weighted by Gasteiger charge is 2.18. The molecule has 0 atom stereocenters. The van der Waals surface area contributed by atoms with Crippen LogP contribution in [0.4, 0.5) is 5.69 Å². The Morgan fingerprint density at radius 2 is 2.08 bits per heavy atom. The normalized spacial score (nSPS) is 13.4. The monoisotopic (exact) mass is 355 g/mol. The molecule has 1 aliphatic heterocycles. The second-order valence-electron chi connectivity index (χ2n) is 5.63. The van der Waals surface area contributed by atoms with Gasteiger partial charge in [0.05, 0.1) is 0 Å². The molecule has 25 heavy (non-hydrogen) atoms. The first-order chi connectivity index (χ1) is 12.1. The Morgan fingerprint density at radius 3 is 2.88 bits per heavy atom. The van der Waals surface area contributed by atoms with Crippen LogP contribution >= 0.6 is 11.3 Å². The third-order valence-electron chi connectivity index (χ3n) is 3.97. The van der Waals surface area contributed by atoms with E-state index in [0.717, 1.165) is 15.9 Å². The first-order valence-corrected chi connectivity index (χ1v) is 8.52. The van der Waals surface area contributed by atoms with Crippen LogP contribution in [0.2, 0.25) is 0 Å². The van der Waals surface area contributed by atoms with Crippen molar-refractivity contribution in [3.05, 3.63) is 57.3 Å². The van der Waals surface area contributed by atoms with Gasteiger partial charge in [0.15, 0.2) is 5.78 Å². The molecule has 1 amide bonds. The molecule has 0 unspecified atom stereocenters. The third kappa shape index (κ3) is 2.89. The Kier molecular flexibility index (Phi) is 3.77. The minimum absolute atomic E-state index is 0.0247. The van der Waals surface area contributed by atoms with Crippen LogP contribution in [-0.4, -0.2) is 31.5 Å². The molecule has 0 bridgehead atoms. The van der Waals surface area contributed by atoms with E-state index in [1.54, 1.807) is 24.3 Å². The van der Waals surface area contributed by atoms with Gasteiger partial charge in [-0.25, -0.2) is 4.79 Å². The number of carbonyl (C=O) groups is 2. The topological polar surface area (TPSA) is 98.9 Å². The fraction of sp³-hybridized carbons (Fsp3) is 0.188. The lowest BCUT2D eigenvalue weighted by Gasteiger charge is -2.17. The number of rotatable bonds is 4. The van der Waals surface area contributed by atoms with Crippen LogP contribution in [0.1, 0.15) is 22.3 Å². The van der Waals surface area contributed by atoms with Gasteiger partial charge in [-0.05, 0) is 58.1 Å². The minimum Gasteiger partial charge on any atom is -0.326 e. The van der Waals surface area contributed by atoms with Crippen molar-refractivity contribution in [3.63, 3.8) is 0 Å². The predicted molar refractivity (Wildman–Crippen MR) is 91.2 cm³/mol. The lowest BCUT2D eigenvalue weighted by Crippen LogP contribution is -2.27. The number of ketones is 1. The zero-order valence-electron chi connectivity index (χ0n) is 13.0. The summed E-state index contributed by atoms with van der Waals surface area (Å²) in [4.78, 5) is 36.2. The number of hydrogen-bond acceptors (Lipinski definition) is 6. The Hall–Kier alpha value is -3.07. The predicted octanol–water partition coefficient (Wildman–Crippen LogP) is 1.26. The number of anilines is 1. The summed E-state index contributed by atoms with van der Waals surface area (Å²) >= 11 is 1.36. The molecule has 8 nitrogen and oxygen atoms in total. The van der Waals surface area contributed by atoms with E-state index in [0.29, 0.717) is 23.4 Å². The van der Waals surface area contributed by atoms with E-state index in [9.17, 15) is 14.4 Å². The molecular formula is C16H13N5O3S. The molecule has 2 aromatic heterocycles. The molecule has 0 fully saturated rings. The standard InChI is InChI=1S/C16H13N5O3S/c22-13(11-3-5-12-10(8-11)4-6-14(23)17-12)9-20-16(24)21(19-18-20)15-2-1-7-25-15/h1-3,5,7-8H,4,6,9H2,(H,17,23). The molecular weight excluding hydrogens is 342 g/mol. The lowest BCUT2D eigenvalue weighted by molar-refractivity contribution is -0.116. The van der Waals surface area contributed by atoms with Crippen LogP contribution in [-0.2, 0) is 17.8 Å². The number of thiophene rings is 1. The van der Waals surface area contributed by atoms with E-state index in [2.05, 4.69) is 15.7 Å². The number of hydrogen-bond donors (Lipinski definition) is 1. The number of nitrogens with one attached hydrogen (secondary N) is 1. The first kappa shape index (κ1) is 15.5. The van der Waals surface area contributed by atoms with Crippen molar-refractivity contribution in [2.45, 2.75) is 19.4 Å². The summed E-state index contributed by atoms with van der Waals surface area (Å²) in [5.74, 6) is -0.261. The van der Waals surface area contributed by atoms with Crippen LogP contribution in [0.5, 0.6) is 0 Å². The van der Waals surface area contributed by atoms with Gasteiger partial charge in [0.2, 0.25) is 5.91 Å². The Morgan fingerprint density at radius 1 is 1.20 bits per heavy atom. The molecule has 0 saturated carbocycles. The maximum Gasteiger partial charge on any atom is 0.369 e. The maximum atomic E-state index is 12.5. The average Bonchev–Trinajstić information content (AvgIpc) is 3.25. The zero-order chi connectivity index (χ0) is 17.4. The van der Waals surface area contributed by atoms with Crippen LogP contribution in [0.15, 0.2) is 40.5 Å². The van der Waals surface area contributed by atoms with Gasteiger partial charge < -0.3 is 5.32 Å². The SMILES string of the molecule is O=C1CCc2cc(C(=O)Cn3nnn(-c4cccs4)c3=O)ccc2N1. The fourth-order valence-electron chi connectivity index (χ4n) is 2.69. The number of nitrogens with zero attached hydrogens (tertiary/aromatic N) is 4. The van der Waals surface area contributed by atoms with Gasteiger partial charge in [0.1, 0.15) is 11.5 Å². The van der Waals surface area contributed by atoms with E-state index in [1.165, 1.54) is 16.0 Å². The van der Waals surface area contributed by atoms with E-state index in [4.69, 9.17) is 0 Å². The van der Waals surface area contributed by atoms with Crippen molar-refractivity contribution in [3.8, 4) is 5.00 Å². The average molecular weight is 355 g/mol. The number of aromatic nitrogens is 4. The molecule has 3 aromatic rings. The molecule has 3 heterocycles. The molecule has 4 rings (SSSR count). The number of benzene rings is 1. The van der Waals surface area contributed by atoms with Crippen molar-refractivity contribution in [2.75, 3.05) is 5.32 Å². The molecule has 0 aliphatic carbocycles. The van der Waals surface area contributed by atoms with Gasteiger partial charge in [0, 0.05) is 17.7 Å². The quantitative estimate of drug-likeness (QED) is 0.710. The molecule has 0 radical (unpaired) electrons. The Balaban J connectivity index is 1.57. The third-order valence-corrected chi connectivity index (χ3v) is 4.81. The first-order valence-electron chi connectivity index (χ1n) is 7.64. The smallest absolute Gasteiger partial charge is 0.326 e. The van der Waals surface area contributed by atoms with Crippen molar-refractivity contribution in [2.24, 2.45) is 0 Å². The lowest BCUT2D eigenvalue weighted by atomic mass is 9.99. The molecule has 1 aliphatic rings. The highest BCUT2D eigenvalue weighted by Crippen LogP contribution is 2.23. The van der Waals surface area contributed by atoms with Crippen LogP contribution < -0.4 is 11.0 Å². The van der Waals surface area contributed by atoms with Gasteiger partial charge in [-0.1, -0.05) is 0 Å². The fourth-order valence-corrected chi connectivity index (χ4v) is 3.35. The summed E-state index contributed by atoms with van der Waals surface area (Å²) in [5.41, 5.74) is 1.67. The molecule has 0 spiro atoms.